The Labute approximate surface area is 97.5 Å². The van der Waals surface area contributed by atoms with E-state index >= 15 is 0 Å². The fourth-order valence-electron chi connectivity index (χ4n) is 3.86. The van der Waals surface area contributed by atoms with Gasteiger partial charge in [-0.1, -0.05) is 18.6 Å². The predicted molar refractivity (Wildman–Crippen MR) is 65.8 cm³/mol. The molecule has 1 heteroatoms. The zero-order valence-corrected chi connectivity index (χ0v) is 10.2. The van der Waals surface area contributed by atoms with Crippen molar-refractivity contribution in [3.63, 3.8) is 0 Å². The molecule has 0 saturated heterocycles. The Kier molecular flexibility index (Phi) is 2.24. The van der Waals surface area contributed by atoms with Gasteiger partial charge in [0.1, 0.15) is 5.75 Å². The maximum Gasteiger partial charge on any atom is 0.121 e. The second-order valence-electron chi connectivity index (χ2n) is 5.78. The molecule has 2 aliphatic rings. The van der Waals surface area contributed by atoms with Crippen LogP contribution in [0.3, 0.4) is 0 Å². The van der Waals surface area contributed by atoms with Crippen LogP contribution < -0.4 is 0 Å². The quantitative estimate of drug-likeness (QED) is 0.754. The minimum atomic E-state index is 0.479. The molecule has 1 aromatic rings. The maximum absolute atomic E-state index is 9.81. The van der Waals surface area contributed by atoms with Crippen molar-refractivity contribution in [3.05, 3.63) is 28.8 Å². The Bertz CT molecular complexity index is 398. The van der Waals surface area contributed by atoms with Crippen LogP contribution in [0.4, 0.5) is 0 Å². The van der Waals surface area contributed by atoms with Gasteiger partial charge in [-0.25, -0.2) is 0 Å². The molecule has 2 saturated carbocycles. The third kappa shape index (κ3) is 1.45. The molecule has 0 heterocycles. The van der Waals surface area contributed by atoms with Crippen molar-refractivity contribution in [1.82, 2.24) is 0 Å². The van der Waals surface area contributed by atoms with Gasteiger partial charge in [-0.2, -0.15) is 0 Å². The van der Waals surface area contributed by atoms with Crippen LogP contribution in [-0.2, 0) is 0 Å². The van der Waals surface area contributed by atoms with Gasteiger partial charge in [0, 0.05) is 0 Å². The second kappa shape index (κ2) is 3.51. The lowest BCUT2D eigenvalue weighted by atomic mass is 9.82. The van der Waals surface area contributed by atoms with Gasteiger partial charge in [0.05, 0.1) is 0 Å². The van der Waals surface area contributed by atoms with Gasteiger partial charge in [-0.3, -0.25) is 0 Å². The van der Waals surface area contributed by atoms with E-state index in [0.717, 1.165) is 28.9 Å². The minimum Gasteiger partial charge on any atom is -0.507 e. The smallest absolute Gasteiger partial charge is 0.121 e. The molecular weight excluding hydrogens is 196 g/mol. The van der Waals surface area contributed by atoms with E-state index in [2.05, 4.69) is 12.1 Å². The molecular formula is C15H20O. The molecule has 1 nitrogen and oxygen atoms in total. The summed E-state index contributed by atoms with van der Waals surface area (Å²) in [6, 6.07) is 4.40. The van der Waals surface area contributed by atoms with E-state index in [1.165, 1.54) is 31.2 Å². The largest absolute Gasteiger partial charge is 0.507 e. The summed E-state index contributed by atoms with van der Waals surface area (Å²) >= 11 is 0. The van der Waals surface area contributed by atoms with E-state index in [1.54, 1.807) is 0 Å². The number of hydrogen-bond acceptors (Lipinski definition) is 1. The van der Waals surface area contributed by atoms with Crippen molar-refractivity contribution in [2.24, 2.45) is 11.8 Å². The molecule has 0 aliphatic heterocycles. The highest BCUT2D eigenvalue weighted by Crippen LogP contribution is 2.53. The number of hydrogen-bond donors (Lipinski definition) is 1. The molecule has 0 spiro atoms. The number of phenolic OH excluding ortho intramolecular Hbond substituents is 1. The summed E-state index contributed by atoms with van der Waals surface area (Å²) < 4.78 is 0. The normalized spacial score (nSPS) is 32.2. The fourth-order valence-corrected chi connectivity index (χ4v) is 3.86. The van der Waals surface area contributed by atoms with Crippen molar-refractivity contribution in [3.8, 4) is 5.75 Å². The molecule has 86 valence electrons. The van der Waals surface area contributed by atoms with E-state index < -0.39 is 0 Å². The molecule has 3 atom stereocenters. The highest BCUT2D eigenvalue weighted by atomic mass is 16.3. The van der Waals surface area contributed by atoms with E-state index in [1.807, 2.05) is 13.8 Å². The second-order valence-corrected chi connectivity index (χ2v) is 5.78. The SMILES string of the molecule is Cc1cc([C@@H]2C[C@@H]3CC[C@H]2C3)cc(C)c1O. The van der Waals surface area contributed by atoms with Crippen LogP contribution in [0.1, 0.15) is 48.3 Å². The molecule has 2 aliphatic carbocycles. The third-order valence-corrected chi connectivity index (χ3v) is 4.68. The summed E-state index contributed by atoms with van der Waals surface area (Å²) in [4.78, 5) is 0. The van der Waals surface area contributed by atoms with Crippen molar-refractivity contribution in [1.29, 1.82) is 0 Å². The van der Waals surface area contributed by atoms with Crippen molar-refractivity contribution in [2.45, 2.75) is 45.4 Å². The average Bonchev–Trinajstić information content (AvgIpc) is 2.86. The first-order valence-electron chi connectivity index (χ1n) is 6.45. The summed E-state index contributed by atoms with van der Waals surface area (Å²) in [5.74, 6) is 3.17. The highest BCUT2D eigenvalue weighted by Gasteiger charge is 2.40. The summed E-state index contributed by atoms with van der Waals surface area (Å²) in [5, 5.41) is 9.81. The number of phenols is 1. The lowest BCUT2D eigenvalue weighted by Gasteiger charge is -2.23. The summed E-state index contributed by atoms with van der Waals surface area (Å²) in [6.45, 7) is 4.03. The molecule has 2 fully saturated rings. The fraction of sp³-hybridized carbons (Fsp3) is 0.600. The van der Waals surface area contributed by atoms with Crippen LogP contribution in [0.25, 0.3) is 0 Å². The summed E-state index contributed by atoms with van der Waals surface area (Å²) in [6.07, 6.45) is 5.71. The monoisotopic (exact) mass is 216 g/mol. The molecule has 0 radical (unpaired) electrons. The van der Waals surface area contributed by atoms with Gasteiger partial charge in [0.2, 0.25) is 0 Å². The molecule has 0 aromatic heterocycles. The first kappa shape index (κ1) is 10.2. The van der Waals surface area contributed by atoms with Crippen LogP contribution >= 0.6 is 0 Å². The lowest BCUT2D eigenvalue weighted by Crippen LogP contribution is -2.08. The number of rotatable bonds is 1. The molecule has 1 aromatic carbocycles. The van der Waals surface area contributed by atoms with Crippen LogP contribution in [0.15, 0.2) is 12.1 Å². The Morgan fingerprint density at radius 2 is 1.75 bits per heavy atom. The van der Waals surface area contributed by atoms with Gasteiger partial charge in [-0.15, -0.1) is 0 Å². The first-order valence-corrected chi connectivity index (χ1v) is 6.45. The van der Waals surface area contributed by atoms with Gasteiger partial charge in [0.15, 0.2) is 0 Å². The lowest BCUT2D eigenvalue weighted by molar-refractivity contribution is 0.418. The van der Waals surface area contributed by atoms with Crippen molar-refractivity contribution < 1.29 is 5.11 Å². The summed E-state index contributed by atoms with van der Waals surface area (Å²) in [7, 11) is 0. The topological polar surface area (TPSA) is 20.2 Å². The Morgan fingerprint density at radius 1 is 1.06 bits per heavy atom. The zero-order chi connectivity index (χ0) is 11.3. The third-order valence-electron chi connectivity index (χ3n) is 4.68. The predicted octanol–water partition coefficient (Wildman–Crippen LogP) is 3.91. The number of fused-ring (bicyclic) bond motifs is 2. The number of benzene rings is 1. The van der Waals surface area contributed by atoms with Gasteiger partial charge in [0.25, 0.3) is 0 Å². The van der Waals surface area contributed by atoms with Gasteiger partial charge in [-0.05, 0) is 67.6 Å². The average molecular weight is 216 g/mol. The Hall–Kier alpha value is -0.980. The first-order chi connectivity index (χ1) is 7.65. The highest BCUT2D eigenvalue weighted by molar-refractivity contribution is 5.43. The van der Waals surface area contributed by atoms with E-state index in [9.17, 15) is 5.11 Å². The number of aromatic hydroxyl groups is 1. The maximum atomic E-state index is 9.81. The van der Waals surface area contributed by atoms with Crippen molar-refractivity contribution in [2.75, 3.05) is 0 Å². The minimum absolute atomic E-state index is 0.479. The molecule has 2 bridgehead atoms. The molecule has 3 rings (SSSR count). The Morgan fingerprint density at radius 3 is 2.25 bits per heavy atom. The van der Waals surface area contributed by atoms with Crippen LogP contribution in [0.5, 0.6) is 5.75 Å². The summed E-state index contributed by atoms with van der Waals surface area (Å²) in [5.41, 5.74) is 3.55. The zero-order valence-electron chi connectivity index (χ0n) is 10.2. The van der Waals surface area contributed by atoms with Crippen molar-refractivity contribution >= 4 is 0 Å². The standard InChI is InChI=1S/C15H20O/c1-9-5-13(6-10(2)15(9)16)14-8-11-3-4-12(14)7-11/h5-6,11-12,14,16H,3-4,7-8H2,1-2H3/t11-,12+,14-/m1/s1. The van der Waals surface area contributed by atoms with Crippen LogP contribution in [0.2, 0.25) is 0 Å². The van der Waals surface area contributed by atoms with Crippen LogP contribution in [0, 0.1) is 25.7 Å². The Balaban J connectivity index is 1.95. The van der Waals surface area contributed by atoms with Crippen LogP contribution in [-0.4, -0.2) is 5.11 Å². The van der Waals surface area contributed by atoms with E-state index in [4.69, 9.17) is 0 Å². The molecule has 1 N–H and O–H groups in total. The molecule has 0 unspecified atom stereocenters. The van der Waals surface area contributed by atoms with E-state index in [-0.39, 0.29) is 0 Å². The molecule has 16 heavy (non-hydrogen) atoms. The molecule has 0 amide bonds. The van der Waals surface area contributed by atoms with E-state index in [0.29, 0.717) is 5.75 Å². The van der Waals surface area contributed by atoms with Gasteiger partial charge < -0.3 is 5.11 Å². The van der Waals surface area contributed by atoms with Gasteiger partial charge >= 0.3 is 0 Å². The number of aryl methyl sites for hydroxylation is 2.